The fourth-order valence-corrected chi connectivity index (χ4v) is 4.86. The smallest absolute Gasteiger partial charge is 0.232 e. The van der Waals surface area contributed by atoms with Crippen LogP contribution in [0.4, 0.5) is 0 Å². The molecule has 3 fully saturated rings. The molecular weight excluding hydrogens is 322 g/mol. The van der Waals surface area contributed by atoms with Crippen LogP contribution < -0.4 is 0 Å². The first kappa shape index (κ1) is 18.1. The number of nitrogens with zero attached hydrogens (tertiary/aromatic N) is 3. The molecular formula is C18H31N3O2S. The molecule has 0 aromatic rings. The van der Waals surface area contributed by atoms with Crippen LogP contribution in [0.5, 0.6) is 0 Å². The Morgan fingerprint density at radius 3 is 2.29 bits per heavy atom. The zero-order valence-corrected chi connectivity index (χ0v) is 15.7. The van der Waals surface area contributed by atoms with Gasteiger partial charge in [-0.15, -0.1) is 0 Å². The number of likely N-dealkylation sites (tertiary alicyclic amines) is 3. The van der Waals surface area contributed by atoms with Gasteiger partial charge in [0.2, 0.25) is 11.8 Å². The molecule has 0 unspecified atom stereocenters. The number of amides is 2. The molecule has 0 saturated carbocycles. The molecule has 24 heavy (non-hydrogen) atoms. The number of carbonyl (C=O) groups is 2. The minimum Gasteiger partial charge on any atom is -0.342 e. The average molecular weight is 354 g/mol. The van der Waals surface area contributed by atoms with Crippen LogP contribution in [0.2, 0.25) is 0 Å². The summed E-state index contributed by atoms with van der Waals surface area (Å²) in [5.41, 5.74) is 0. The van der Waals surface area contributed by atoms with Crippen LogP contribution in [0, 0.1) is 5.92 Å². The zero-order valence-electron chi connectivity index (χ0n) is 14.9. The van der Waals surface area contributed by atoms with Gasteiger partial charge in [0.1, 0.15) is 0 Å². The van der Waals surface area contributed by atoms with Crippen molar-refractivity contribution in [3.05, 3.63) is 0 Å². The third-order valence-electron chi connectivity index (χ3n) is 5.82. The first-order valence-electron chi connectivity index (χ1n) is 9.48. The van der Waals surface area contributed by atoms with E-state index in [1.807, 2.05) is 11.2 Å². The van der Waals surface area contributed by atoms with Gasteiger partial charge >= 0.3 is 0 Å². The van der Waals surface area contributed by atoms with Gasteiger partial charge in [-0.2, -0.15) is 11.8 Å². The summed E-state index contributed by atoms with van der Waals surface area (Å²) in [6.45, 7) is 5.74. The van der Waals surface area contributed by atoms with Crippen molar-refractivity contribution in [3.8, 4) is 0 Å². The van der Waals surface area contributed by atoms with E-state index in [9.17, 15) is 9.59 Å². The second-order valence-corrected chi connectivity index (χ2v) is 8.28. The maximum atomic E-state index is 12.7. The molecule has 3 heterocycles. The number of carbonyl (C=O) groups excluding carboxylic acids is 2. The van der Waals surface area contributed by atoms with E-state index in [-0.39, 0.29) is 11.8 Å². The quantitative estimate of drug-likeness (QED) is 0.771. The molecule has 136 valence electrons. The van der Waals surface area contributed by atoms with Crippen molar-refractivity contribution in [3.63, 3.8) is 0 Å². The Labute approximate surface area is 150 Å². The van der Waals surface area contributed by atoms with Crippen LogP contribution in [0.25, 0.3) is 0 Å². The molecule has 5 nitrogen and oxygen atoms in total. The largest absolute Gasteiger partial charge is 0.342 e. The zero-order chi connectivity index (χ0) is 16.9. The highest BCUT2D eigenvalue weighted by molar-refractivity contribution is 7.99. The molecule has 3 aliphatic heterocycles. The molecule has 1 atom stereocenters. The summed E-state index contributed by atoms with van der Waals surface area (Å²) in [4.78, 5) is 31.3. The predicted octanol–water partition coefficient (Wildman–Crippen LogP) is 1.67. The van der Waals surface area contributed by atoms with Crippen LogP contribution in [-0.2, 0) is 9.59 Å². The average Bonchev–Trinajstić information content (AvgIpc) is 3.16. The van der Waals surface area contributed by atoms with Crippen molar-refractivity contribution in [2.45, 2.75) is 44.6 Å². The lowest BCUT2D eigenvalue weighted by Gasteiger charge is -2.42. The fraction of sp³-hybridized carbons (Fsp3) is 0.889. The first-order chi connectivity index (χ1) is 11.7. The van der Waals surface area contributed by atoms with Gasteiger partial charge in [-0.25, -0.2) is 0 Å². The van der Waals surface area contributed by atoms with Gasteiger partial charge in [-0.1, -0.05) is 0 Å². The Kier molecular flexibility index (Phi) is 6.44. The molecule has 0 bridgehead atoms. The third-order valence-corrected chi connectivity index (χ3v) is 6.36. The Morgan fingerprint density at radius 2 is 1.62 bits per heavy atom. The van der Waals surface area contributed by atoms with Gasteiger partial charge in [0.25, 0.3) is 0 Å². The molecule has 0 aromatic heterocycles. The second kappa shape index (κ2) is 8.56. The molecule has 0 N–H and O–H groups in total. The van der Waals surface area contributed by atoms with Gasteiger partial charge in [0, 0.05) is 38.8 Å². The van der Waals surface area contributed by atoms with Crippen LogP contribution in [0.3, 0.4) is 0 Å². The van der Waals surface area contributed by atoms with E-state index in [0.717, 1.165) is 65.0 Å². The molecule has 2 amide bonds. The van der Waals surface area contributed by atoms with Gasteiger partial charge in [0.15, 0.2) is 0 Å². The summed E-state index contributed by atoms with van der Waals surface area (Å²) < 4.78 is 0. The Hall–Kier alpha value is -0.750. The van der Waals surface area contributed by atoms with E-state index in [0.29, 0.717) is 17.7 Å². The molecule has 0 radical (unpaired) electrons. The van der Waals surface area contributed by atoms with Crippen LogP contribution in [0.15, 0.2) is 0 Å². The SMILES string of the molecule is CSCC(=O)N1CCC(N2CCC[C@H](C(=O)N3CCCC3)C2)CC1. The van der Waals surface area contributed by atoms with Gasteiger partial charge in [-0.05, 0) is 51.3 Å². The van der Waals surface area contributed by atoms with Crippen LogP contribution in [-0.4, -0.2) is 83.8 Å². The lowest BCUT2D eigenvalue weighted by atomic mass is 9.93. The summed E-state index contributed by atoms with van der Waals surface area (Å²) in [7, 11) is 0. The minimum atomic E-state index is 0.202. The topological polar surface area (TPSA) is 43.9 Å². The molecule has 0 aliphatic carbocycles. The second-order valence-electron chi connectivity index (χ2n) is 7.41. The van der Waals surface area contributed by atoms with Crippen molar-refractivity contribution >= 4 is 23.6 Å². The monoisotopic (exact) mass is 353 g/mol. The van der Waals surface area contributed by atoms with Gasteiger partial charge in [0.05, 0.1) is 11.7 Å². The summed E-state index contributed by atoms with van der Waals surface area (Å²) in [6.07, 6.45) is 8.63. The van der Waals surface area contributed by atoms with E-state index >= 15 is 0 Å². The minimum absolute atomic E-state index is 0.202. The van der Waals surface area contributed by atoms with Crippen molar-refractivity contribution in [1.29, 1.82) is 0 Å². The Morgan fingerprint density at radius 1 is 0.917 bits per heavy atom. The number of hydrogen-bond donors (Lipinski definition) is 0. The van der Waals surface area contributed by atoms with E-state index in [1.165, 1.54) is 12.8 Å². The number of piperidine rings is 2. The van der Waals surface area contributed by atoms with Crippen molar-refractivity contribution in [2.75, 3.05) is 51.3 Å². The maximum absolute atomic E-state index is 12.7. The molecule has 0 aromatic carbocycles. The van der Waals surface area contributed by atoms with Crippen molar-refractivity contribution < 1.29 is 9.59 Å². The maximum Gasteiger partial charge on any atom is 0.232 e. The van der Waals surface area contributed by atoms with Gasteiger partial charge < -0.3 is 9.80 Å². The van der Waals surface area contributed by atoms with Gasteiger partial charge in [-0.3, -0.25) is 14.5 Å². The first-order valence-corrected chi connectivity index (χ1v) is 10.9. The predicted molar refractivity (Wildman–Crippen MR) is 98.1 cm³/mol. The number of hydrogen-bond acceptors (Lipinski definition) is 4. The van der Waals surface area contributed by atoms with E-state index in [1.54, 1.807) is 11.8 Å². The molecule has 3 aliphatic rings. The standard InChI is InChI=1S/C18H31N3O2S/c1-24-14-17(22)19-11-6-16(7-12-19)21-10-4-5-15(13-21)18(23)20-8-2-3-9-20/h15-16H,2-14H2,1H3/t15-/m0/s1. The summed E-state index contributed by atoms with van der Waals surface area (Å²) in [5.74, 6) is 1.47. The van der Waals surface area contributed by atoms with Crippen LogP contribution >= 0.6 is 11.8 Å². The molecule has 3 saturated heterocycles. The van der Waals surface area contributed by atoms with E-state index in [2.05, 4.69) is 9.80 Å². The summed E-state index contributed by atoms with van der Waals surface area (Å²) in [6, 6.07) is 0.553. The number of rotatable bonds is 4. The Balaban J connectivity index is 1.48. The summed E-state index contributed by atoms with van der Waals surface area (Å²) in [5, 5.41) is 0. The van der Waals surface area contributed by atoms with Crippen molar-refractivity contribution in [1.82, 2.24) is 14.7 Å². The lowest BCUT2D eigenvalue weighted by molar-refractivity contribution is -0.136. The number of thioether (sulfide) groups is 1. The molecule has 0 spiro atoms. The fourth-order valence-electron chi connectivity index (χ4n) is 4.43. The van der Waals surface area contributed by atoms with Crippen LogP contribution in [0.1, 0.15) is 38.5 Å². The molecule has 3 rings (SSSR count). The highest BCUT2D eigenvalue weighted by atomic mass is 32.2. The van der Waals surface area contributed by atoms with Crippen molar-refractivity contribution in [2.24, 2.45) is 5.92 Å². The van der Waals surface area contributed by atoms with E-state index < -0.39 is 0 Å². The summed E-state index contributed by atoms with van der Waals surface area (Å²) >= 11 is 1.60. The Bertz CT molecular complexity index is 446. The third kappa shape index (κ3) is 4.26. The van der Waals surface area contributed by atoms with E-state index in [4.69, 9.17) is 0 Å². The lowest BCUT2D eigenvalue weighted by Crippen LogP contribution is -2.52. The highest BCUT2D eigenvalue weighted by Gasteiger charge is 2.34. The highest BCUT2D eigenvalue weighted by Crippen LogP contribution is 2.26. The molecule has 6 heteroatoms. The normalized spacial score (nSPS) is 26.8.